The fourth-order valence-corrected chi connectivity index (χ4v) is 3.58. The molecule has 0 aliphatic carbocycles. The summed E-state index contributed by atoms with van der Waals surface area (Å²) in [6, 6.07) is 16.4. The molecule has 2 N–H and O–H groups in total. The van der Waals surface area contributed by atoms with E-state index in [1.807, 2.05) is 24.3 Å². The predicted molar refractivity (Wildman–Crippen MR) is 109 cm³/mol. The van der Waals surface area contributed by atoms with Crippen LogP contribution >= 0.6 is 0 Å². The van der Waals surface area contributed by atoms with Gasteiger partial charge in [0.2, 0.25) is 0 Å². The molecular formula is C23H32O4. The number of ether oxygens (including phenoxy) is 2. The Morgan fingerprint density at radius 2 is 1.22 bits per heavy atom. The Labute approximate surface area is 162 Å². The highest BCUT2D eigenvalue weighted by Gasteiger charge is 2.34. The van der Waals surface area contributed by atoms with Gasteiger partial charge in [0.25, 0.3) is 0 Å². The van der Waals surface area contributed by atoms with E-state index in [4.69, 9.17) is 19.7 Å². The van der Waals surface area contributed by atoms with Crippen molar-refractivity contribution in [2.75, 3.05) is 26.4 Å². The third-order valence-corrected chi connectivity index (χ3v) is 5.34. The van der Waals surface area contributed by atoms with Gasteiger partial charge in [-0.25, -0.2) is 0 Å². The van der Waals surface area contributed by atoms with E-state index < -0.39 is 0 Å². The first-order valence-electron chi connectivity index (χ1n) is 9.74. The maximum absolute atomic E-state index is 8.92. The van der Waals surface area contributed by atoms with Crippen LogP contribution in [0, 0.1) is 5.92 Å². The van der Waals surface area contributed by atoms with Gasteiger partial charge in [0.15, 0.2) is 0 Å². The summed E-state index contributed by atoms with van der Waals surface area (Å²) >= 11 is 0. The Hall–Kier alpha value is -2.04. The Morgan fingerprint density at radius 3 is 1.56 bits per heavy atom. The van der Waals surface area contributed by atoms with Gasteiger partial charge in [0, 0.05) is 5.41 Å². The van der Waals surface area contributed by atoms with Crippen molar-refractivity contribution in [3.8, 4) is 11.5 Å². The number of aliphatic hydroxyl groups excluding tert-OH is 2. The van der Waals surface area contributed by atoms with Crippen LogP contribution in [0.25, 0.3) is 0 Å². The molecule has 1 atom stereocenters. The molecule has 2 aromatic carbocycles. The smallest absolute Gasteiger partial charge is 0.119 e. The topological polar surface area (TPSA) is 58.9 Å². The maximum atomic E-state index is 8.92. The summed E-state index contributed by atoms with van der Waals surface area (Å²) in [5.41, 5.74) is 2.34. The quantitative estimate of drug-likeness (QED) is 0.621. The zero-order valence-electron chi connectivity index (χ0n) is 16.6. The highest BCUT2D eigenvalue weighted by molar-refractivity contribution is 5.43. The van der Waals surface area contributed by atoms with Gasteiger partial charge in [0.05, 0.1) is 13.2 Å². The summed E-state index contributed by atoms with van der Waals surface area (Å²) in [7, 11) is 0. The summed E-state index contributed by atoms with van der Waals surface area (Å²) in [5, 5.41) is 17.8. The van der Waals surface area contributed by atoms with Crippen LogP contribution in [0.15, 0.2) is 48.5 Å². The predicted octanol–water partition coefficient (Wildman–Crippen LogP) is 4.17. The Bertz CT molecular complexity index is 612. The van der Waals surface area contributed by atoms with Crippen molar-refractivity contribution in [1.82, 2.24) is 0 Å². The Morgan fingerprint density at radius 1 is 0.815 bits per heavy atom. The van der Waals surface area contributed by atoms with Crippen LogP contribution in [0.4, 0.5) is 0 Å². The molecule has 0 spiro atoms. The summed E-state index contributed by atoms with van der Waals surface area (Å²) in [4.78, 5) is 0. The van der Waals surface area contributed by atoms with Crippen LogP contribution in [-0.4, -0.2) is 36.6 Å². The SMILES string of the molecule is CCCC(C)C(C)(c1ccc(OCCO)cc1)c1ccc(OCCO)cc1. The zero-order valence-corrected chi connectivity index (χ0v) is 16.6. The van der Waals surface area contributed by atoms with Gasteiger partial charge < -0.3 is 19.7 Å². The first-order chi connectivity index (χ1) is 13.1. The molecule has 27 heavy (non-hydrogen) atoms. The average Bonchev–Trinajstić information content (AvgIpc) is 2.71. The van der Waals surface area contributed by atoms with Crippen LogP contribution in [0.5, 0.6) is 11.5 Å². The number of aliphatic hydroxyl groups is 2. The summed E-state index contributed by atoms with van der Waals surface area (Å²) in [5.74, 6) is 1.99. The second-order valence-corrected chi connectivity index (χ2v) is 7.08. The van der Waals surface area contributed by atoms with Gasteiger partial charge in [-0.15, -0.1) is 0 Å². The molecule has 4 nitrogen and oxygen atoms in total. The van der Waals surface area contributed by atoms with Crippen molar-refractivity contribution in [1.29, 1.82) is 0 Å². The van der Waals surface area contributed by atoms with E-state index in [2.05, 4.69) is 45.0 Å². The van der Waals surface area contributed by atoms with Crippen molar-refractivity contribution < 1.29 is 19.7 Å². The van der Waals surface area contributed by atoms with Crippen molar-refractivity contribution in [3.63, 3.8) is 0 Å². The monoisotopic (exact) mass is 372 g/mol. The van der Waals surface area contributed by atoms with Crippen molar-refractivity contribution in [2.45, 2.75) is 39.0 Å². The lowest BCUT2D eigenvalue weighted by Gasteiger charge is -2.37. The Balaban J connectivity index is 2.34. The number of hydrogen-bond acceptors (Lipinski definition) is 4. The van der Waals surface area contributed by atoms with Crippen LogP contribution in [0.1, 0.15) is 44.7 Å². The minimum atomic E-state index is -0.138. The molecule has 0 fully saturated rings. The van der Waals surface area contributed by atoms with Gasteiger partial charge in [-0.1, -0.05) is 51.5 Å². The summed E-state index contributed by atoms with van der Waals surface area (Å²) in [6.45, 7) is 7.44. The molecule has 0 aliphatic rings. The standard InChI is InChI=1S/C23H32O4/c1-4-5-18(2)23(3,19-6-10-21(11-7-19)26-16-14-24)20-8-12-22(13-9-20)27-17-15-25/h6-13,18,24-25H,4-5,14-17H2,1-3H3. The lowest BCUT2D eigenvalue weighted by Crippen LogP contribution is -2.31. The van der Waals surface area contributed by atoms with E-state index in [0.717, 1.165) is 24.3 Å². The van der Waals surface area contributed by atoms with Crippen LogP contribution in [0.2, 0.25) is 0 Å². The molecule has 0 saturated heterocycles. The normalized spacial score (nSPS) is 12.6. The molecule has 0 radical (unpaired) electrons. The van der Waals surface area contributed by atoms with Gasteiger partial charge in [-0.3, -0.25) is 0 Å². The molecule has 0 aromatic heterocycles. The molecule has 0 saturated carbocycles. The second kappa shape index (κ2) is 10.3. The third kappa shape index (κ3) is 5.24. The highest BCUT2D eigenvalue weighted by atomic mass is 16.5. The first kappa shape index (κ1) is 21.3. The average molecular weight is 373 g/mol. The first-order valence-corrected chi connectivity index (χ1v) is 9.74. The van der Waals surface area contributed by atoms with E-state index in [0.29, 0.717) is 19.1 Å². The molecule has 2 aromatic rings. The number of hydrogen-bond donors (Lipinski definition) is 2. The largest absolute Gasteiger partial charge is 0.491 e. The van der Waals surface area contributed by atoms with Crippen LogP contribution in [0.3, 0.4) is 0 Å². The maximum Gasteiger partial charge on any atom is 0.119 e. The third-order valence-electron chi connectivity index (χ3n) is 5.34. The number of rotatable bonds is 11. The highest BCUT2D eigenvalue weighted by Crippen LogP contribution is 2.42. The van der Waals surface area contributed by atoms with E-state index in [-0.39, 0.29) is 18.6 Å². The minimum absolute atomic E-state index is 0.0116. The zero-order chi connectivity index (χ0) is 19.7. The Kier molecular flexibility index (Phi) is 8.14. The molecule has 2 rings (SSSR count). The molecule has 0 heterocycles. The number of benzene rings is 2. The second-order valence-electron chi connectivity index (χ2n) is 7.08. The summed E-state index contributed by atoms with van der Waals surface area (Å²) < 4.78 is 11.0. The molecule has 0 aliphatic heterocycles. The van der Waals surface area contributed by atoms with Gasteiger partial charge in [0.1, 0.15) is 24.7 Å². The van der Waals surface area contributed by atoms with Gasteiger partial charge in [-0.05, 0) is 47.7 Å². The molecular weight excluding hydrogens is 340 g/mol. The van der Waals surface area contributed by atoms with E-state index in [9.17, 15) is 0 Å². The van der Waals surface area contributed by atoms with Crippen molar-refractivity contribution in [3.05, 3.63) is 59.7 Å². The van der Waals surface area contributed by atoms with E-state index in [1.165, 1.54) is 11.1 Å². The summed E-state index contributed by atoms with van der Waals surface area (Å²) in [6.07, 6.45) is 2.26. The molecule has 4 heteroatoms. The fourth-order valence-electron chi connectivity index (χ4n) is 3.58. The molecule has 1 unspecified atom stereocenters. The lowest BCUT2D eigenvalue weighted by molar-refractivity contribution is 0.201. The molecule has 148 valence electrons. The molecule has 0 amide bonds. The van der Waals surface area contributed by atoms with E-state index >= 15 is 0 Å². The van der Waals surface area contributed by atoms with Gasteiger partial charge >= 0.3 is 0 Å². The molecule has 0 bridgehead atoms. The van der Waals surface area contributed by atoms with Crippen LogP contribution in [-0.2, 0) is 5.41 Å². The lowest BCUT2D eigenvalue weighted by atomic mass is 9.66. The van der Waals surface area contributed by atoms with Crippen molar-refractivity contribution in [2.24, 2.45) is 5.92 Å². The fraction of sp³-hybridized carbons (Fsp3) is 0.478. The van der Waals surface area contributed by atoms with E-state index in [1.54, 1.807) is 0 Å². The minimum Gasteiger partial charge on any atom is -0.491 e. The van der Waals surface area contributed by atoms with Crippen molar-refractivity contribution >= 4 is 0 Å². The van der Waals surface area contributed by atoms with Gasteiger partial charge in [-0.2, -0.15) is 0 Å². The van der Waals surface area contributed by atoms with Crippen LogP contribution < -0.4 is 9.47 Å².